The van der Waals surface area contributed by atoms with Crippen LogP contribution in [-0.2, 0) is 17.8 Å². The lowest BCUT2D eigenvalue weighted by Gasteiger charge is -2.24. The summed E-state index contributed by atoms with van der Waals surface area (Å²) in [7, 11) is 3.55. The van der Waals surface area contributed by atoms with E-state index in [9.17, 15) is 4.79 Å². The van der Waals surface area contributed by atoms with Gasteiger partial charge in [0.15, 0.2) is 5.96 Å². The van der Waals surface area contributed by atoms with Crippen molar-refractivity contribution in [3.63, 3.8) is 0 Å². The number of guanidine groups is 1. The summed E-state index contributed by atoms with van der Waals surface area (Å²) >= 11 is 2.04. The van der Waals surface area contributed by atoms with Crippen molar-refractivity contribution in [3.05, 3.63) is 35.4 Å². The Kier molecular flexibility index (Phi) is 11.2. The molecule has 2 N–H and O–H groups in total. The number of hydrogen-bond donors (Lipinski definition) is 2. The second-order valence-corrected chi connectivity index (χ2v) is 9.50. The predicted molar refractivity (Wildman–Crippen MR) is 133 cm³/mol. The van der Waals surface area contributed by atoms with Crippen LogP contribution in [0.5, 0.6) is 0 Å². The van der Waals surface area contributed by atoms with Crippen LogP contribution in [0.1, 0.15) is 44.7 Å². The van der Waals surface area contributed by atoms with E-state index in [1.165, 1.54) is 24.2 Å². The molecular formula is C21H35IN4O2S. The van der Waals surface area contributed by atoms with E-state index >= 15 is 0 Å². The van der Waals surface area contributed by atoms with Crippen molar-refractivity contribution in [2.45, 2.75) is 57.6 Å². The third kappa shape index (κ3) is 9.93. The van der Waals surface area contributed by atoms with Crippen LogP contribution < -0.4 is 10.6 Å². The quantitative estimate of drug-likeness (QED) is 0.325. The van der Waals surface area contributed by atoms with Crippen molar-refractivity contribution in [2.24, 2.45) is 4.99 Å². The molecule has 1 amide bonds. The fraction of sp³-hybridized carbons (Fsp3) is 0.619. The Balaban J connectivity index is 0.00000420. The number of amides is 1. The van der Waals surface area contributed by atoms with Crippen molar-refractivity contribution in [3.8, 4) is 0 Å². The van der Waals surface area contributed by atoms with Crippen LogP contribution >= 0.6 is 35.7 Å². The van der Waals surface area contributed by atoms with Gasteiger partial charge in [-0.05, 0) is 50.5 Å². The van der Waals surface area contributed by atoms with Crippen LogP contribution in [0.2, 0.25) is 0 Å². The van der Waals surface area contributed by atoms with Gasteiger partial charge in [0, 0.05) is 39.0 Å². The minimum absolute atomic E-state index is 0. The molecular weight excluding hydrogens is 499 g/mol. The SMILES string of the molecule is CN=C(NCc1ccc(CN(C)C(=O)OC(C)(C)C)cc1)NCC1CCCS1.I. The molecule has 6 nitrogen and oxygen atoms in total. The third-order valence-electron chi connectivity index (χ3n) is 4.35. The second-order valence-electron chi connectivity index (χ2n) is 8.09. The van der Waals surface area contributed by atoms with Gasteiger partial charge in [-0.15, -0.1) is 24.0 Å². The van der Waals surface area contributed by atoms with Crippen molar-refractivity contribution in [2.75, 3.05) is 26.4 Å². The summed E-state index contributed by atoms with van der Waals surface area (Å²) in [5.41, 5.74) is 1.75. The van der Waals surface area contributed by atoms with Gasteiger partial charge in [-0.25, -0.2) is 4.79 Å². The predicted octanol–water partition coefficient (Wildman–Crippen LogP) is 4.23. The maximum Gasteiger partial charge on any atom is 0.410 e. The lowest BCUT2D eigenvalue weighted by atomic mass is 10.1. The molecule has 1 aromatic carbocycles. The number of benzene rings is 1. The molecule has 0 bridgehead atoms. The van der Waals surface area contributed by atoms with E-state index in [0.29, 0.717) is 18.3 Å². The molecule has 0 spiro atoms. The van der Waals surface area contributed by atoms with Gasteiger partial charge in [0.2, 0.25) is 0 Å². The Morgan fingerprint density at radius 3 is 2.45 bits per heavy atom. The molecule has 1 aliphatic heterocycles. The first-order valence-corrected chi connectivity index (χ1v) is 10.9. The van der Waals surface area contributed by atoms with Gasteiger partial charge in [-0.2, -0.15) is 11.8 Å². The van der Waals surface area contributed by atoms with Gasteiger partial charge in [0.25, 0.3) is 0 Å². The number of aliphatic imine (C=N–C) groups is 1. The topological polar surface area (TPSA) is 66.0 Å². The van der Waals surface area contributed by atoms with Crippen molar-refractivity contribution >= 4 is 47.8 Å². The Morgan fingerprint density at radius 1 is 1.24 bits per heavy atom. The zero-order valence-corrected chi connectivity index (χ0v) is 21.3. The first kappa shape index (κ1) is 25.9. The zero-order chi connectivity index (χ0) is 20.6. The van der Waals surface area contributed by atoms with Crippen molar-refractivity contribution in [1.29, 1.82) is 0 Å². The van der Waals surface area contributed by atoms with E-state index < -0.39 is 5.60 Å². The molecule has 0 radical (unpaired) electrons. The summed E-state index contributed by atoms with van der Waals surface area (Å²) in [4.78, 5) is 18.0. The molecule has 0 aromatic heterocycles. The summed E-state index contributed by atoms with van der Waals surface area (Å²) in [6, 6.07) is 8.24. The lowest BCUT2D eigenvalue weighted by Crippen LogP contribution is -2.39. The highest BCUT2D eigenvalue weighted by atomic mass is 127. The smallest absolute Gasteiger partial charge is 0.410 e. The van der Waals surface area contributed by atoms with E-state index in [2.05, 4.69) is 27.8 Å². The molecule has 1 saturated heterocycles. The molecule has 8 heteroatoms. The van der Waals surface area contributed by atoms with Gasteiger partial charge in [-0.3, -0.25) is 4.99 Å². The average Bonchev–Trinajstić information content (AvgIpc) is 3.15. The van der Waals surface area contributed by atoms with Crippen LogP contribution in [0, 0.1) is 0 Å². The molecule has 1 fully saturated rings. The van der Waals surface area contributed by atoms with E-state index in [1.54, 1.807) is 19.0 Å². The minimum Gasteiger partial charge on any atom is -0.444 e. The number of carbonyl (C=O) groups excluding carboxylic acids is 1. The molecule has 164 valence electrons. The molecule has 1 aliphatic rings. The highest BCUT2D eigenvalue weighted by molar-refractivity contribution is 14.0. The number of thioether (sulfide) groups is 1. The molecule has 0 aliphatic carbocycles. The number of nitrogens with one attached hydrogen (secondary N) is 2. The number of hydrogen-bond acceptors (Lipinski definition) is 4. The van der Waals surface area contributed by atoms with Gasteiger partial charge in [-0.1, -0.05) is 24.3 Å². The molecule has 1 atom stereocenters. The van der Waals surface area contributed by atoms with E-state index in [1.807, 2.05) is 44.7 Å². The van der Waals surface area contributed by atoms with Crippen LogP contribution in [0.25, 0.3) is 0 Å². The molecule has 2 rings (SSSR count). The lowest BCUT2D eigenvalue weighted by molar-refractivity contribution is 0.0285. The first-order valence-electron chi connectivity index (χ1n) is 9.85. The third-order valence-corrected chi connectivity index (χ3v) is 5.75. The highest BCUT2D eigenvalue weighted by Crippen LogP contribution is 2.25. The number of halogens is 1. The Labute approximate surface area is 196 Å². The summed E-state index contributed by atoms with van der Waals surface area (Å²) in [6.07, 6.45) is 2.29. The fourth-order valence-corrected chi connectivity index (χ4v) is 4.06. The van der Waals surface area contributed by atoms with E-state index in [0.717, 1.165) is 18.1 Å². The van der Waals surface area contributed by atoms with Gasteiger partial charge >= 0.3 is 6.09 Å². The summed E-state index contributed by atoms with van der Waals surface area (Å²) < 4.78 is 5.39. The number of rotatable bonds is 6. The Morgan fingerprint density at radius 2 is 1.90 bits per heavy atom. The number of ether oxygens (including phenoxy) is 1. The van der Waals surface area contributed by atoms with Gasteiger partial charge < -0.3 is 20.3 Å². The largest absolute Gasteiger partial charge is 0.444 e. The van der Waals surface area contributed by atoms with E-state index in [-0.39, 0.29) is 30.1 Å². The minimum atomic E-state index is -0.482. The molecule has 29 heavy (non-hydrogen) atoms. The maximum absolute atomic E-state index is 12.1. The van der Waals surface area contributed by atoms with Crippen molar-refractivity contribution in [1.82, 2.24) is 15.5 Å². The number of carbonyl (C=O) groups is 1. The normalized spacial score (nSPS) is 16.7. The van der Waals surface area contributed by atoms with Gasteiger partial charge in [0.05, 0.1) is 0 Å². The molecule has 0 saturated carbocycles. The van der Waals surface area contributed by atoms with Crippen molar-refractivity contribution < 1.29 is 9.53 Å². The molecule has 1 heterocycles. The summed E-state index contributed by atoms with van der Waals surface area (Å²) in [6.45, 7) is 7.80. The van der Waals surface area contributed by atoms with Gasteiger partial charge in [0.1, 0.15) is 5.60 Å². The maximum atomic E-state index is 12.1. The zero-order valence-electron chi connectivity index (χ0n) is 18.2. The van der Waals surface area contributed by atoms with Crippen LogP contribution in [0.4, 0.5) is 4.79 Å². The Bertz CT molecular complexity index is 656. The van der Waals surface area contributed by atoms with Crippen LogP contribution in [0.15, 0.2) is 29.3 Å². The van der Waals surface area contributed by atoms with E-state index in [4.69, 9.17) is 4.74 Å². The number of nitrogens with zero attached hydrogens (tertiary/aromatic N) is 2. The monoisotopic (exact) mass is 534 g/mol. The van der Waals surface area contributed by atoms with Crippen LogP contribution in [-0.4, -0.2) is 54.2 Å². The second kappa shape index (κ2) is 12.5. The molecule has 1 aromatic rings. The highest BCUT2D eigenvalue weighted by Gasteiger charge is 2.19. The summed E-state index contributed by atoms with van der Waals surface area (Å²) in [5.74, 6) is 2.11. The first-order chi connectivity index (χ1) is 13.3. The molecule has 1 unspecified atom stereocenters. The standard InChI is InChI=1S/C21H34N4O2S.HI/c1-21(2,3)27-20(26)25(5)15-17-10-8-16(9-11-17)13-23-19(22-4)24-14-18-7-6-12-28-18;/h8-11,18H,6-7,12-15H2,1-5H3,(H2,22,23,24);1H. The van der Waals surface area contributed by atoms with Crippen LogP contribution in [0.3, 0.4) is 0 Å². The average molecular weight is 535 g/mol. The Hall–Kier alpha value is -1.16. The fourth-order valence-electron chi connectivity index (χ4n) is 2.86. The summed E-state index contributed by atoms with van der Waals surface area (Å²) in [5, 5.41) is 7.46.